The Morgan fingerprint density at radius 2 is 2.08 bits per heavy atom. The molecule has 126 valence electrons. The molecule has 2 N–H and O–H groups in total. The summed E-state index contributed by atoms with van der Waals surface area (Å²) in [5.74, 6) is -2.26. The molecule has 2 aromatic rings. The van der Waals surface area contributed by atoms with Gasteiger partial charge in [-0.2, -0.15) is 0 Å². The number of ether oxygens (including phenoxy) is 1. The number of nitrogens with one attached hydrogen (secondary N) is 2. The van der Waals surface area contributed by atoms with E-state index in [1.807, 2.05) is 22.6 Å². The van der Waals surface area contributed by atoms with Gasteiger partial charge < -0.3 is 15.4 Å². The number of methoxy groups -OCH3 is 1. The third-order valence-electron chi connectivity index (χ3n) is 2.99. The van der Waals surface area contributed by atoms with Crippen molar-refractivity contribution in [3.8, 4) is 0 Å². The molecule has 1 aromatic heterocycles. The van der Waals surface area contributed by atoms with Crippen LogP contribution in [-0.4, -0.2) is 24.5 Å². The van der Waals surface area contributed by atoms with Crippen molar-refractivity contribution < 1.29 is 23.1 Å². The van der Waals surface area contributed by atoms with Crippen LogP contribution < -0.4 is 10.6 Å². The molecule has 0 unspecified atom stereocenters. The molecule has 0 spiro atoms. The molecule has 1 amide bonds. The number of halogens is 3. The van der Waals surface area contributed by atoms with E-state index in [9.17, 15) is 18.4 Å². The molecule has 2 rings (SSSR count). The highest BCUT2D eigenvalue weighted by molar-refractivity contribution is 14.1. The number of nitrogens with zero attached hydrogens (tertiary/aromatic N) is 1. The van der Waals surface area contributed by atoms with Crippen LogP contribution in [-0.2, 0) is 16.1 Å². The van der Waals surface area contributed by atoms with Gasteiger partial charge in [0, 0.05) is 3.57 Å². The van der Waals surface area contributed by atoms with Gasteiger partial charge in [-0.25, -0.2) is 18.6 Å². The lowest BCUT2D eigenvalue weighted by atomic mass is 10.2. The zero-order valence-corrected chi connectivity index (χ0v) is 14.6. The first-order valence-electron chi connectivity index (χ1n) is 6.63. The Labute approximate surface area is 149 Å². The standard InChI is InChI=1S/C15H12F2IN3O3/c1-24-15(23)9-5-11(17)13(6-19-7-22)21-14(9)20-12-3-2-8(18)4-10(12)16/h2-5,7H,6H2,1H3,(H,19,22)(H,20,21). The Kier molecular flexibility index (Phi) is 6.01. The molecule has 0 radical (unpaired) electrons. The van der Waals surface area contributed by atoms with Crippen molar-refractivity contribution in [2.75, 3.05) is 12.4 Å². The molecular formula is C15H12F2IN3O3. The summed E-state index contributed by atoms with van der Waals surface area (Å²) in [4.78, 5) is 26.1. The lowest BCUT2D eigenvalue weighted by molar-refractivity contribution is -0.109. The monoisotopic (exact) mass is 447 g/mol. The molecule has 0 fully saturated rings. The molecule has 0 aliphatic heterocycles. The first kappa shape index (κ1) is 18.0. The molecule has 0 aliphatic rings. The first-order chi connectivity index (χ1) is 11.5. The number of pyridine rings is 1. The fraction of sp³-hybridized carbons (Fsp3) is 0.133. The fourth-order valence-corrected chi connectivity index (χ4v) is 2.32. The minimum absolute atomic E-state index is 0.0639. The van der Waals surface area contributed by atoms with Crippen LogP contribution in [0.4, 0.5) is 20.3 Å². The predicted molar refractivity (Wildman–Crippen MR) is 90.8 cm³/mol. The lowest BCUT2D eigenvalue weighted by Gasteiger charge is -2.13. The van der Waals surface area contributed by atoms with Crippen molar-refractivity contribution in [2.24, 2.45) is 0 Å². The molecule has 0 saturated carbocycles. The zero-order valence-electron chi connectivity index (χ0n) is 12.4. The third kappa shape index (κ3) is 4.16. The summed E-state index contributed by atoms with van der Waals surface area (Å²) in [7, 11) is 1.14. The van der Waals surface area contributed by atoms with Gasteiger partial charge in [-0.3, -0.25) is 4.79 Å². The molecular weight excluding hydrogens is 435 g/mol. The van der Waals surface area contributed by atoms with Crippen molar-refractivity contribution >= 4 is 46.5 Å². The number of amides is 1. The summed E-state index contributed by atoms with van der Waals surface area (Å²) in [6, 6.07) is 5.33. The fourth-order valence-electron chi connectivity index (χ4n) is 1.87. The van der Waals surface area contributed by atoms with Crippen molar-refractivity contribution in [3.63, 3.8) is 0 Å². The van der Waals surface area contributed by atoms with E-state index < -0.39 is 17.6 Å². The lowest BCUT2D eigenvalue weighted by Crippen LogP contribution is -2.16. The summed E-state index contributed by atoms with van der Waals surface area (Å²) in [6.07, 6.45) is 0.390. The number of benzene rings is 1. The van der Waals surface area contributed by atoms with Crippen molar-refractivity contribution in [1.29, 1.82) is 0 Å². The summed E-state index contributed by atoms with van der Waals surface area (Å²) in [5.41, 5.74) is -0.236. The van der Waals surface area contributed by atoms with Gasteiger partial charge in [0.2, 0.25) is 6.41 Å². The van der Waals surface area contributed by atoms with E-state index in [0.717, 1.165) is 13.2 Å². The number of aromatic nitrogens is 1. The molecule has 6 nitrogen and oxygen atoms in total. The molecule has 1 aromatic carbocycles. The summed E-state index contributed by atoms with van der Waals surface area (Å²) < 4.78 is 33.3. The summed E-state index contributed by atoms with van der Waals surface area (Å²) in [6.45, 7) is -0.180. The number of carbonyl (C=O) groups excluding carboxylic acids is 2. The van der Waals surface area contributed by atoms with Gasteiger partial charge >= 0.3 is 5.97 Å². The topological polar surface area (TPSA) is 80.3 Å². The van der Waals surface area contributed by atoms with E-state index in [1.54, 1.807) is 6.07 Å². The van der Waals surface area contributed by atoms with E-state index in [1.165, 1.54) is 12.1 Å². The van der Waals surface area contributed by atoms with Crippen LogP contribution >= 0.6 is 22.6 Å². The van der Waals surface area contributed by atoms with Gasteiger partial charge in [0.1, 0.15) is 23.0 Å². The van der Waals surface area contributed by atoms with Crippen molar-refractivity contribution in [2.45, 2.75) is 6.54 Å². The highest BCUT2D eigenvalue weighted by Gasteiger charge is 2.19. The second-order valence-electron chi connectivity index (χ2n) is 4.55. The Morgan fingerprint density at radius 3 is 2.71 bits per heavy atom. The van der Waals surface area contributed by atoms with Crippen LogP contribution in [0, 0.1) is 15.2 Å². The Bertz CT molecular complexity index is 787. The third-order valence-corrected chi connectivity index (χ3v) is 3.66. The van der Waals surface area contributed by atoms with Crippen molar-refractivity contribution in [3.05, 3.63) is 50.7 Å². The Morgan fingerprint density at radius 1 is 1.33 bits per heavy atom. The minimum Gasteiger partial charge on any atom is -0.465 e. The molecule has 24 heavy (non-hydrogen) atoms. The highest BCUT2D eigenvalue weighted by Crippen LogP contribution is 2.25. The highest BCUT2D eigenvalue weighted by atomic mass is 127. The van der Waals surface area contributed by atoms with Crippen LogP contribution in [0.3, 0.4) is 0 Å². The van der Waals surface area contributed by atoms with Crippen LogP contribution in [0.15, 0.2) is 24.3 Å². The number of rotatable bonds is 6. The average Bonchev–Trinajstić information content (AvgIpc) is 2.56. The van der Waals surface area contributed by atoms with Crippen LogP contribution in [0.25, 0.3) is 0 Å². The number of anilines is 2. The molecule has 1 heterocycles. The van der Waals surface area contributed by atoms with Gasteiger partial charge in [-0.05, 0) is 46.9 Å². The second-order valence-corrected chi connectivity index (χ2v) is 5.80. The maximum absolute atomic E-state index is 14.0. The largest absolute Gasteiger partial charge is 0.465 e. The maximum atomic E-state index is 14.0. The quantitative estimate of drug-likeness (QED) is 0.405. The average molecular weight is 447 g/mol. The van der Waals surface area contributed by atoms with E-state index in [2.05, 4.69) is 20.4 Å². The van der Waals surface area contributed by atoms with E-state index >= 15 is 0 Å². The van der Waals surface area contributed by atoms with Crippen LogP contribution in [0.5, 0.6) is 0 Å². The SMILES string of the molecule is COC(=O)c1cc(F)c(CNC=O)nc1Nc1ccc(I)cc1F. The van der Waals surface area contributed by atoms with Crippen LogP contribution in [0.2, 0.25) is 0 Å². The van der Waals surface area contributed by atoms with Crippen LogP contribution in [0.1, 0.15) is 16.1 Å². The van der Waals surface area contributed by atoms with Gasteiger partial charge in [-0.1, -0.05) is 0 Å². The summed E-state index contributed by atoms with van der Waals surface area (Å²) >= 11 is 1.95. The van der Waals surface area contributed by atoms with E-state index in [-0.39, 0.29) is 29.3 Å². The first-order valence-corrected chi connectivity index (χ1v) is 7.71. The molecule has 0 saturated heterocycles. The number of hydrogen-bond donors (Lipinski definition) is 2. The van der Waals surface area contributed by atoms with Gasteiger partial charge in [0.05, 0.1) is 25.0 Å². The maximum Gasteiger partial charge on any atom is 0.341 e. The second kappa shape index (κ2) is 7.99. The predicted octanol–water partition coefficient (Wildman–Crippen LogP) is 2.74. The van der Waals surface area contributed by atoms with E-state index in [0.29, 0.717) is 9.98 Å². The van der Waals surface area contributed by atoms with E-state index in [4.69, 9.17) is 0 Å². The van der Waals surface area contributed by atoms with Crippen molar-refractivity contribution in [1.82, 2.24) is 10.3 Å². The summed E-state index contributed by atoms with van der Waals surface area (Å²) in [5, 5.41) is 4.93. The number of carbonyl (C=O) groups is 2. The smallest absolute Gasteiger partial charge is 0.341 e. The van der Waals surface area contributed by atoms with Gasteiger partial charge in [0.15, 0.2) is 0 Å². The molecule has 0 bridgehead atoms. The van der Waals surface area contributed by atoms with Gasteiger partial charge in [-0.15, -0.1) is 0 Å². The molecule has 9 heteroatoms. The minimum atomic E-state index is -0.829. The zero-order chi connectivity index (χ0) is 17.7. The number of esters is 1. The number of hydrogen-bond acceptors (Lipinski definition) is 5. The van der Waals surface area contributed by atoms with Gasteiger partial charge in [0.25, 0.3) is 0 Å². The molecule has 0 aliphatic carbocycles. The Balaban J connectivity index is 2.47. The Hall–Kier alpha value is -2.30. The molecule has 0 atom stereocenters. The normalized spacial score (nSPS) is 10.2.